The van der Waals surface area contributed by atoms with Gasteiger partial charge in [0.15, 0.2) is 0 Å². The van der Waals surface area contributed by atoms with Gasteiger partial charge in [0.05, 0.1) is 12.7 Å². The van der Waals surface area contributed by atoms with Gasteiger partial charge in [0.1, 0.15) is 5.60 Å². The van der Waals surface area contributed by atoms with Crippen LogP contribution in [0.4, 0.5) is 4.79 Å². The molecule has 1 saturated heterocycles. The van der Waals surface area contributed by atoms with E-state index in [9.17, 15) is 9.59 Å². The molecule has 144 valence electrons. The molecule has 7 heteroatoms. The number of carbonyl (C=O) groups is 2. The van der Waals surface area contributed by atoms with Gasteiger partial charge >= 0.3 is 12.1 Å². The number of carbonyl (C=O) groups excluding carboxylic acids is 2. The molecule has 0 saturated carbocycles. The number of ether oxygens (including phenoxy) is 2. The quantitative estimate of drug-likeness (QED) is 0.742. The fraction of sp³-hybridized carbons (Fsp3) is 0.579. The predicted octanol–water partition coefficient (Wildman–Crippen LogP) is 3.72. The summed E-state index contributed by atoms with van der Waals surface area (Å²) < 4.78 is 11.1. The van der Waals surface area contributed by atoms with Crippen molar-refractivity contribution in [1.29, 1.82) is 0 Å². The molecule has 1 aliphatic heterocycles. The SMILES string of the molecule is COC(=O)c1cccc(Br)c1CN1CCC[C@H](NC(=O)OC(C)(C)C)C1. The van der Waals surface area contributed by atoms with E-state index in [2.05, 4.69) is 26.1 Å². The molecule has 1 atom stereocenters. The van der Waals surface area contributed by atoms with Crippen molar-refractivity contribution in [3.8, 4) is 0 Å². The molecule has 0 spiro atoms. The van der Waals surface area contributed by atoms with Crippen LogP contribution >= 0.6 is 15.9 Å². The van der Waals surface area contributed by atoms with E-state index in [0.29, 0.717) is 18.7 Å². The summed E-state index contributed by atoms with van der Waals surface area (Å²) in [6, 6.07) is 5.54. The third kappa shape index (κ3) is 5.99. The lowest BCUT2D eigenvalue weighted by Gasteiger charge is -2.34. The van der Waals surface area contributed by atoms with Crippen molar-refractivity contribution in [2.75, 3.05) is 20.2 Å². The Bertz CT molecular complexity index is 657. The fourth-order valence-corrected chi connectivity index (χ4v) is 3.53. The van der Waals surface area contributed by atoms with E-state index in [0.717, 1.165) is 29.4 Å². The molecular formula is C19H27BrN2O4. The van der Waals surface area contributed by atoms with Crippen LogP contribution in [0.1, 0.15) is 49.5 Å². The highest BCUT2D eigenvalue weighted by molar-refractivity contribution is 9.10. The average molecular weight is 427 g/mol. The van der Waals surface area contributed by atoms with E-state index in [1.54, 1.807) is 6.07 Å². The van der Waals surface area contributed by atoms with E-state index >= 15 is 0 Å². The Morgan fingerprint density at radius 3 is 2.73 bits per heavy atom. The molecule has 1 amide bonds. The fourth-order valence-electron chi connectivity index (χ4n) is 3.04. The molecule has 6 nitrogen and oxygen atoms in total. The molecule has 0 aromatic heterocycles. The largest absolute Gasteiger partial charge is 0.465 e. The number of rotatable bonds is 4. The number of likely N-dealkylation sites (tertiary alicyclic amines) is 1. The van der Waals surface area contributed by atoms with Crippen LogP contribution in [0.3, 0.4) is 0 Å². The van der Waals surface area contributed by atoms with Gasteiger partial charge in [-0.2, -0.15) is 0 Å². The lowest BCUT2D eigenvalue weighted by molar-refractivity contribution is 0.0470. The molecule has 1 aliphatic rings. The Balaban J connectivity index is 2.03. The van der Waals surface area contributed by atoms with Crippen molar-refractivity contribution < 1.29 is 19.1 Å². The second kappa shape index (κ2) is 8.86. The molecule has 0 unspecified atom stereocenters. The van der Waals surface area contributed by atoms with Gasteiger partial charge in [-0.25, -0.2) is 9.59 Å². The van der Waals surface area contributed by atoms with Crippen molar-refractivity contribution in [2.45, 2.75) is 51.8 Å². The van der Waals surface area contributed by atoms with Gasteiger partial charge in [-0.15, -0.1) is 0 Å². The van der Waals surface area contributed by atoms with Gasteiger partial charge in [-0.3, -0.25) is 4.90 Å². The Morgan fingerprint density at radius 2 is 2.08 bits per heavy atom. The monoisotopic (exact) mass is 426 g/mol. The van der Waals surface area contributed by atoms with Crippen LogP contribution < -0.4 is 5.32 Å². The summed E-state index contributed by atoms with van der Waals surface area (Å²) in [4.78, 5) is 26.3. The van der Waals surface area contributed by atoms with Crippen molar-refractivity contribution in [1.82, 2.24) is 10.2 Å². The van der Waals surface area contributed by atoms with Gasteiger partial charge in [-0.1, -0.05) is 22.0 Å². The highest BCUT2D eigenvalue weighted by Gasteiger charge is 2.25. The van der Waals surface area contributed by atoms with Crippen molar-refractivity contribution in [3.63, 3.8) is 0 Å². The molecule has 1 aromatic carbocycles. The molecule has 26 heavy (non-hydrogen) atoms. The minimum absolute atomic E-state index is 0.0302. The zero-order valence-corrected chi connectivity index (χ0v) is 17.4. The first-order valence-electron chi connectivity index (χ1n) is 8.77. The third-order valence-corrected chi connectivity index (χ3v) is 4.88. The molecule has 1 fully saturated rings. The summed E-state index contributed by atoms with van der Waals surface area (Å²) in [7, 11) is 1.38. The van der Waals surface area contributed by atoms with Crippen molar-refractivity contribution in [2.24, 2.45) is 0 Å². The van der Waals surface area contributed by atoms with Gasteiger partial charge < -0.3 is 14.8 Å². The molecule has 1 N–H and O–H groups in total. The van der Waals surface area contributed by atoms with Crippen LogP contribution in [-0.2, 0) is 16.0 Å². The number of hydrogen-bond acceptors (Lipinski definition) is 5. The molecular weight excluding hydrogens is 400 g/mol. The van der Waals surface area contributed by atoms with E-state index in [4.69, 9.17) is 9.47 Å². The van der Waals surface area contributed by atoms with Crippen LogP contribution in [0.25, 0.3) is 0 Å². The summed E-state index contributed by atoms with van der Waals surface area (Å²) >= 11 is 3.54. The summed E-state index contributed by atoms with van der Waals surface area (Å²) in [5.74, 6) is -0.346. The summed E-state index contributed by atoms with van der Waals surface area (Å²) in [5.41, 5.74) is 0.948. The first kappa shape index (κ1) is 20.7. The normalized spacial score (nSPS) is 18.3. The molecule has 0 radical (unpaired) electrons. The summed E-state index contributed by atoms with van der Waals surface area (Å²) in [6.45, 7) is 7.77. The van der Waals surface area contributed by atoms with Crippen molar-refractivity contribution in [3.05, 3.63) is 33.8 Å². The van der Waals surface area contributed by atoms with Gasteiger partial charge in [0.2, 0.25) is 0 Å². The number of halogens is 1. The average Bonchev–Trinajstić information content (AvgIpc) is 2.54. The molecule has 2 rings (SSSR count). The van der Waals surface area contributed by atoms with E-state index < -0.39 is 5.60 Å². The second-order valence-electron chi connectivity index (χ2n) is 7.48. The van der Waals surface area contributed by atoms with E-state index in [-0.39, 0.29) is 18.1 Å². The lowest BCUT2D eigenvalue weighted by Crippen LogP contribution is -2.48. The van der Waals surface area contributed by atoms with Gasteiger partial charge in [0, 0.05) is 23.6 Å². The maximum absolute atomic E-state index is 12.0. The number of nitrogens with one attached hydrogen (secondary N) is 1. The smallest absolute Gasteiger partial charge is 0.407 e. The van der Waals surface area contributed by atoms with Gasteiger partial charge in [0.25, 0.3) is 0 Å². The topological polar surface area (TPSA) is 67.9 Å². The number of alkyl carbamates (subject to hydrolysis) is 1. The maximum atomic E-state index is 12.0. The highest BCUT2D eigenvalue weighted by Crippen LogP contribution is 2.25. The second-order valence-corrected chi connectivity index (χ2v) is 8.33. The van der Waals surface area contributed by atoms with Crippen LogP contribution in [0.15, 0.2) is 22.7 Å². The summed E-state index contributed by atoms with van der Waals surface area (Å²) in [5, 5.41) is 2.95. The summed E-state index contributed by atoms with van der Waals surface area (Å²) in [6.07, 6.45) is 1.49. The van der Waals surface area contributed by atoms with E-state index in [1.165, 1.54) is 7.11 Å². The molecule has 1 heterocycles. The zero-order valence-electron chi connectivity index (χ0n) is 15.8. The minimum Gasteiger partial charge on any atom is -0.465 e. The van der Waals surface area contributed by atoms with Gasteiger partial charge in [-0.05, 0) is 57.9 Å². The molecule has 0 bridgehead atoms. The molecule has 0 aliphatic carbocycles. The number of piperidine rings is 1. The Labute approximate surface area is 163 Å². The molecule has 1 aromatic rings. The van der Waals surface area contributed by atoms with Crippen molar-refractivity contribution >= 4 is 28.0 Å². The Hall–Kier alpha value is -1.60. The number of benzene rings is 1. The predicted molar refractivity (Wildman–Crippen MR) is 103 cm³/mol. The standard InChI is InChI=1S/C19H27BrN2O4/c1-19(2,3)26-18(24)21-13-7-6-10-22(11-13)12-15-14(17(23)25-4)8-5-9-16(15)20/h5,8-9,13H,6-7,10-12H2,1-4H3,(H,21,24)/t13-/m0/s1. The van der Waals surface area contributed by atoms with Crippen LogP contribution in [0, 0.1) is 0 Å². The van der Waals surface area contributed by atoms with E-state index in [1.807, 2.05) is 32.9 Å². The first-order chi connectivity index (χ1) is 12.2. The highest BCUT2D eigenvalue weighted by atomic mass is 79.9. The van der Waals surface area contributed by atoms with Crippen LogP contribution in [0.5, 0.6) is 0 Å². The number of hydrogen-bond donors (Lipinski definition) is 1. The minimum atomic E-state index is -0.511. The van der Waals surface area contributed by atoms with Crippen LogP contribution in [0.2, 0.25) is 0 Å². The number of methoxy groups -OCH3 is 1. The Kier molecular flexibility index (Phi) is 7.06. The number of esters is 1. The number of nitrogens with zero attached hydrogens (tertiary/aromatic N) is 1. The lowest BCUT2D eigenvalue weighted by atomic mass is 10.0. The maximum Gasteiger partial charge on any atom is 0.407 e. The Morgan fingerprint density at radius 1 is 1.35 bits per heavy atom. The zero-order chi connectivity index (χ0) is 19.3. The number of amides is 1. The third-order valence-electron chi connectivity index (χ3n) is 4.13. The first-order valence-corrected chi connectivity index (χ1v) is 9.56. The van der Waals surface area contributed by atoms with Crippen LogP contribution in [-0.4, -0.2) is 48.8 Å².